The van der Waals surface area contributed by atoms with Gasteiger partial charge in [0.1, 0.15) is 0 Å². The van der Waals surface area contributed by atoms with E-state index in [-0.39, 0.29) is 0 Å². The molecule has 15 heavy (non-hydrogen) atoms. The van der Waals surface area contributed by atoms with E-state index in [0.717, 1.165) is 5.56 Å². The van der Waals surface area contributed by atoms with Crippen molar-refractivity contribution in [1.29, 1.82) is 0 Å². The Hall–Kier alpha value is -1.32. The first-order valence-electron chi connectivity index (χ1n) is 5.11. The van der Waals surface area contributed by atoms with Crippen LogP contribution in [0.2, 0.25) is 0 Å². The van der Waals surface area contributed by atoms with Crippen LogP contribution in [0.3, 0.4) is 0 Å². The summed E-state index contributed by atoms with van der Waals surface area (Å²) >= 11 is 0. The molecule has 0 aliphatic heterocycles. The molecule has 0 radical (unpaired) electrons. The molecule has 1 atom stereocenters. The largest absolute Gasteiger partial charge is 0.479 e. The molecule has 4 nitrogen and oxygen atoms in total. The van der Waals surface area contributed by atoms with Gasteiger partial charge in [0.2, 0.25) is 0 Å². The number of aromatic nitrogens is 2. The molecule has 84 valence electrons. The standard InChI is InChI=1S/C11H18N2O2/c1-8(2)5-11(4,10(14)15)13-7-9(3)6-12-13/h6-8H,5H2,1-4H3,(H,14,15). The highest BCUT2D eigenvalue weighted by molar-refractivity contribution is 5.76. The van der Waals surface area contributed by atoms with Crippen molar-refractivity contribution >= 4 is 5.97 Å². The van der Waals surface area contributed by atoms with Crippen LogP contribution in [0.5, 0.6) is 0 Å². The minimum atomic E-state index is -0.942. The van der Waals surface area contributed by atoms with Crippen LogP contribution in [0.1, 0.15) is 32.8 Å². The summed E-state index contributed by atoms with van der Waals surface area (Å²) in [5.74, 6) is -0.519. The second-order valence-electron chi connectivity index (χ2n) is 4.64. The van der Waals surface area contributed by atoms with Crippen molar-refractivity contribution < 1.29 is 9.90 Å². The number of aryl methyl sites for hydroxylation is 1. The Balaban J connectivity index is 3.06. The van der Waals surface area contributed by atoms with Gasteiger partial charge in [-0.1, -0.05) is 13.8 Å². The summed E-state index contributed by atoms with van der Waals surface area (Å²) in [5.41, 5.74) is 0.0360. The molecule has 0 saturated heterocycles. The van der Waals surface area contributed by atoms with Gasteiger partial charge in [-0.3, -0.25) is 4.68 Å². The first-order chi connectivity index (χ1) is 6.86. The molecule has 1 unspecified atom stereocenters. The predicted octanol–water partition coefficient (Wildman–Crippen LogP) is 2.04. The number of hydrogen-bond acceptors (Lipinski definition) is 2. The third-order valence-electron chi connectivity index (χ3n) is 2.48. The average Bonchev–Trinajstić information content (AvgIpc) is 2.50. The Morgan fingerprint density at radius 2 is 2.27 bits per heavy atom. The summed E-state index contributed by atoms with van der Waals surface area (Å²) in [6.07, 6.45) is 4.03. The molecule has 1 rings (SSSR count). The molecule has 0 spiro atoms. The lowest BCUT2D eigenvalue weighted by molar-refractivity contribution is -0.148. The minimum Gasteiger partial charge on any atom is -0.479 e. The quantitative estimate of drug-likeness (QED) is 0.827. The number of carboxylic acid groups (broad SMARTS) is 1. The molecule has 0 fully saturated rings. The summed E-state index contributed by atoms with van der Waals surface area (Å²) in [5, 5.41) is 13.4. The minimum absolute atomic E-state index is 0.315. The molecule has 1 aromatic heterocycles. The molecule has 1 aromatic rings. The van der Waals surface area contributed by atoms with Crippen molar-refractivity contribution in [2.45, 2.75) is 39.7 Å². The Morgan fingerprint density at radius 1 is 1.67 bits per heavy atom. The molecule has 0 aliphatic rings. The molecule has 4 heteroatoms. The molecule has 1 N–H and O–H groups in total. The maximum atomic E-state index is 11.3. The fraction of sp³-hybridized carbons (Fsp3) is 0.636. The fourth-order valence-electron chi connectivity index (χ4n) is 1.76. The van der Waals surface area contributed by atoms with E-state index in [0.29, 0.717) is 12.3 Å². The van der Waals surface area contributed by atoms with Crippen molar-refractivity contribution in [2.75, 3.05) is 0 Å². The fourth-order valence-corrected chi connectivity index (χ4v) is 1.76. The summed E-state index contributed by atoms with van der Waals surface area (Å²) in [4.78, 5) is 11.3. The molecule has 0 amide bonds. The zero-order valence-corrected chi connectivity index (χ0v) is 9.69. The monoisotopic (exact) mass is 210 g/mol. The lowest BCUT2D eigenvalue weighted by Gasteiger charge is -2.27. The van der Waals surface area contributed by atoms with Crippen LogP contribution in [0.4, 0.5) is 0 Å². The van der Waals surface area contributed by atoms with Gasteiger partial charge in [-0.25, -0.2) is 4.79 Å². The van der Waals surface area contributed by atoms with E-state index in [1.54, 1.807) is 24.0 Å². The summed E-state index contributed by atoms with van der Waals surface area (Å²) in [6.45, 7) is 7.64. The lowest BCUT2D eigenvalue weighted by Crippen LogP contribution is -2.40. The number of hydrogen-bond donors (Lipinski definition) is 1. The third kappa shape index (κ3) is 2.37. The Labute approximate surface area is 89.9 Å². The molecular formula is C11H18N2O2. The first-order valence-corrected chi connectivity index (χ1v) is 5.11. The third-order valence-corrected chi connectivity index (χ3v) is 2.48. The van der Waals surface area contributed by atoms with Gasteiger partial charge in [-0.2, -0.15) is 5.10 Å². The Kier molecular flexibility index (Phi) is 3.17. The van der Waals surface area contributed by atoms with Crippen molar-refractivity contribution in [3.05, 3.63) is 18.0 Å². The van der Waals surface area contributed by atoms with E-state index in [1.807, 2.05) is 20.8 Å². The molecule has 0 saturated carbocycles. The van der Waals surface area contributed by atoms with Crippen LogP contribution >= 0.6 is 0 Å². The number of carboxylic acids is 1. The number of carbonyl (C=O) groups is 1. The van der Waals surface area contributed by atoms with Gasteiger partial charge in [0, 0.05) is 6.20 Å². The van der Waals surface area contributed by atoms with Crippen molar-refractivity contribution in [2.24, 2.45) is 5.92 Å². The highest BCUT2D eigenvalue weighted by atomic mass is 16.4. The van der Waals surface area contributed by atoms with Crippen molar-refractivity contribution in [3.8, 4) is 0 Å². The van der Waals surface area contributed by atoms with Gasteiger partial charge in [0.05, 0.1) is 6.20 Å². The van der Waals surface area contributed by atoms with Crippen LogP contribution in [0.25, 0.3) is 0 Å². The first kappa shape index (κ1) is 11.8. The Bertz CT molecular complexity index is 357. The number of rotatable bonds is 4. The average molecular weight is 210 g/mol. The summed E-state index contributed by atoms with van der Waals surface area (Å²) < 4.78 is 1.55. The van der Waals surface area contributed by atoms with Crippen LogP contribution in [-0.4, -0.2) is 20.9 Å². The van der Waals surface area contributed by atoms with Crippen molar-refractivity contribution in [1.82, 2.24) is 9.78 Å². The zero-order valence-electron chi connectivity index (χ0n) is 9.69. The smallest absolute Gasteiger partial charge is 0.331 e. The van der Waals surface area contributed by atoms with E-state index < -0.39 is 11.5 Å². The SMILES string of the molecule is Cc1cnn(C(C)(CC(C)C)C(=O)O)c1. The van der Waals surface area contributed by atoms with E-state index >= 15 is 0 Å². The maximum absolute atomic E-state index is 11.3. The zero-order chi connectivity index (χ0) is 11.6. The van der Waals surface area contributed by atoms with Crippen LogP contribution < -0.4 is 0 Å². The van der Waals surface area contributed by atoms with Crippen LogP contribution in [0, 0.1) is 12.8 Å². The van der Waals surface area contributed by atoms with Gasteiger partial charge in [-0.05, 0) is 31.7 Å². The summed E-state index contributed by atoms with van der Waals surface area (Å²) in [7, 11) is 0. The number of nitrogens with zero attached hydrogens (tertiary/aromatic N) is 2. The van der Waals surface area contributed by atoms with Crippen LogP contribution in [0.15, 0.2) is 12.4 Å². The van der Waals surface area contributed by atoms with E-state index in [1.165, 1.54) is 0 Å². The highest BCUT2D eigenvalue weighted by Crippen LogP contribution is 2.25. The van der Waals surface area contributed by atoms with E-state index in [4.69, 9.17) is 0 Å². The Morgan fingerprint density at radius 3 is 2.60 bits per heavy atom. The second-order valence-corrected chi connectivity index (χ2v) is 4.64. The second kappa shape index (κ2) is 4.04. The van der Waals surface area contributed by atoms with Crippen molar-refractivity contribution in [3.63, 3.8) is 0 Å². The maximum Gasteiger partial charge on any atom is 0.331 e. The predicted molar refractivity (Wildman–Crippen MR) is 57.7 cm³/mol. The highest BCUT2D eigenvalue weighted by Gasteiger charge is 2.36. The normalized spacial score (nSPS) is 15.3. The topological polar surface area (TPSA) is 55.1 Å². The van der Waals surface area contributed by atoms with Gasteiger partial charge >= 0.3 is 5.97 Å². The molecule has 0 bridgehead atoms. The molecule has 1 heterocycles. The molecular weight excluding hydrogens is 192 g/mol. The lowest BCUT2D eigenvalue weighted by atomic mass is 9.91. The molecule has 0 aliphatic carbocycles. The van der Waals surface area contributed by atoms with Gasteiger partial charge < -0.3 is 5.11 Å². The van der Waals surface area contributed by atoms with Gasteiger partial charge in [-0.15, -0.1) is 0 Å². The van der Waals surface area contributed by atoms with Gasteiger partial charge in [0.15, 0.2) is 5.54 Å². The van der Waals surface area contributed by atoms with E-state index in [2.05, 4.69) is 5.10 Å². The van der Waals surface area contributed by atoms with E-state index in [9.17, 15) is 9.90 Å². The number of aliphatic carboxylic acids is 1. The van der Waals surface area contributed by atoms with Gasteiger partial charge in [0.25, 0.3) is 0 Å². The van der Waals surface area contributed by atoms with Crippen LogP contribution in [-0.2, 0) is 10.3 Å². The summed E-state index contributed by atoms with van der Waals surface area (Å²) in [6, 6.07) is 0. The molecule has 0 aromatic carbocycles.